The van der Waals surface area contributed by atoms with Gasteiger partial charge in [-0.25, -0.2) is 4.39 Å². The van der Waals surface area contributed by atoms with Gasteiger partial charge in [0.25, 0.3) is 0 Å². The van der Waals surface area contributed by atoms with E-state index in [1.165, 1.54) is 6.07 Å². The van der Waals surface area contributed by atoms with Crippen LogP contribution in [0.25, 0.3) is 10.9 Å². The fourth-order valence-electron chi connectivity index (χ4n) is 2.93. The number of hydrogen-bond donors (Lipinski definition) is 2. The van der Waals surface area contributed by atoms with Crippen LogP contribution in [0.1, 0.15) is 17.5 Å². The number of aromatic nitrogens is 1. The standard InChI is InChI=1S/C20H19FN2O3/c21-16-7-3-1-5-13(16)9-10-19(24)23-18(20(25)26)11-14-12-22-17-8-4-2-6-15(14)17/h1-8,12,18,22H,9-11H2,(H,23,24)(H,25,26)/p-1/t18-/m1/s1. The second kappa shape index (κ2) is 7.82. The van der Waals surface area contributed by atoms with Crippen LogP contribution in [0.5, 0.6) is 0 Å². The molecule has 26 heavy (non-hydrogen) atoms. The average Bonchev–Trinajstić information content (AvgIpc) is 3.03. The second-order valence-electron chi connectivity index (χ2n) is 6.09. The molecule has 3 rings (SSSR count). The van der Waals surface area contributed by atoms with Crippen molar-refractivity contribution < 1.29 is 19.1 Å². The third-order valence-corrected chi connectivity index (χ3v) is 4.30. The molecule has 2 aromatic carbocycles. The molecule has 0 aliphatic heterocycles. The van der Waals surface area contributed by atoms with Gasteiger partial charge in [0.05, 0.1) is 12.0 Å². The van der Waals surface area contributed by atoms with Gasteiger partial charge in [0.1, 0.15) is 5.82 Å². The quantitative estimate of drug-likeness (QED) is 0.678. The molecule has 0 unspecified atom stereocenters. The number of aliphatic carboxylic acids is 1. The van der Waals surface area contributed by atoms with Crippen LogP contribution in [0.3, 0.4) is 0 Å². The number of aryl methyl sites for hydroxylation is 1. The molecular formula is C20H18FN2O3-. The molecular weight excluding hydrogens is 335 g/mol. The molecule has 6 heteroatoms. The molecule has 0 aliphatic rings. The van der Waals surface area contributed by atoms with E-state index in [1.54, 1.807) is 24.4 Å². The molecule has 5 nitrogen and oxygen atoms in total. The molecule has 0 saturated heterocycles. The van der Waals surface area contributed by atoms with Gasteiger partial charge in [-0.3, -0.25) is 4.79 Å². The molecule has 2 N–H and O–H groups in total. The van der Waals surface area contributed by atoms with Crippen molar-refractivity contribution in [3.63, 3.8) is 0 Å². The number of fused-ring (bicyclic) bond motifs is 1. The van der Waals surface area contributed by atoms with Crippen molar-refractivity contribution in [1.82, 2.24) is 10.3 Å². The summed E-state index contributed by atoms with van der Waals surface area (Å²) in [6.45, 7) is 0. The van der Waals surface area contributed by atoms with Gasteiger partial charge in [-0.05, 0) is 29.7 Å². The van der Waals surface area contributed by atoms with E-state index in [0.29, 0.717) is 5.56 Å². The Morgan fingerprint density at radius 3 is 2.58 bits per heavy atom. The average molecular weight is 353 g/mol. The molecule has 1 heterocycles. The SMILES string of the molecule is O=C(CCc1ccccc1F)N[C@H](Cc1c[nH]c2ccccc12)C(=O)[O-]. The molecule has 3 aromatic rings. The predicted octanol–water partition coefficient (Wildman–Crippen LogP) is 1.72. The zero-order chi connectivity index (χ0) is 18.5. The number of carbonyl (C=O) groups is 2. The molecule has 0 spiro atoms. The van der Waals surface area contributed by atoms with Gasteiger partial charge in [0.2, 0.25) is 5.91 Å². The number of H-pyrrole nitrogens is 1. The monoisotopic (exact) mass is 353 g/mol. The molecule has 1 amide bonds. The number of amides is 1. The Morgan fingerprint density at radius 2 is 1.81 bits per heavy atom. The van der Waals surface area contributed by atoms with Gasteiger partial charge in [0, 0.05) is 29.9 Å². The summed E-state index contributed by atoms with van der Waals surface area (Å²) in [6.07, 6.45) is 2.04. The lowest BCUT2D eigenvalue weighted by Gasteiger charge is -2.19. The van der Waals surface area contributed by atoms with Gasteiger partial charge in [0.15, 0.2) is 0 Å². The lowest BCUT2D eigenvalue weighted by Crippen LogP contribution is -2.49. The van der Waals surface area contributed by atoms with Crippen molar-refractivity contribution >= 4 is 22.8 Å². The summed E-state index contributed by atoms with van der Waals surface area (Å²) in [5, 5.41) is 14.8. The van der Waals surface area contributed by atoms with E-state index in [2.05, 4.69) is 10.3 Å². The molecule has 0 aliphatic carbocycles. The Kier molecular flexibility index (Phi) is 5.31. The highest BCUT2D eigenvalue weighted by molar-refractivity contribution is 5.86. The molecule has 1 aromatic heterocycles. The summed E-state index contributed by atoms with van der Waals surface area (Å²) in [5.41, 5.74) is 2.10. The fraction of sp³-hybridized carbons (Fsp3) is 0.200. The van der Waals surface area contributed by atoms with Crippen LogP contribution < -0.4 is 10.4 Å². The Labute approximate surface area is 149 Å². The van der Waals surface area contributed by atoms with Crippen LogP contribution in [0.4, 0.5) is 4.39 Å². The summed E-state index contributed by atoms with van der Waals surface area (Å²) in [7, 11) is 0. The Balaban J connectivity index is 1.64. The van der Waals surface area contributed by atoms with Crippen LogP contribution in [-0.4, -0.2) is 22.9 Å². The van der Waals surface area contributed by atoms with Crippen molar-refractivity contribution in [2.45, 2.75) is 25.3 Å². The Bertz CT molecular complexity index is 935. The minimum Gasteiger partial charge on any atom is -0.548 e. The van der Waals surface area contributed by atoms with Crippen LogP contribution in [0.15, 0.2) is 54.7 Å². The highest BCUT2D eigenvalue weighted by Crippen LogP contribution is 2.19. The summed E-state index contributed by atoms with van der Waals surface area (Å²) in [6, 6.07) is 12.6. The maximum Gasteiger partial charge on any atom is 0.220 e. The minimum absolute atomic E-state index is 0.00139. The van der Waals surface area contributed by atoms with E-state index in [0.717, 1.165) is 16.5 Å². The first kappa shape index (κ1) is 17.7. The number of carboxylic acid groups (broad SMARTS) is 1. The molecule has 0 fully saturated rings. The topological polar surface area (TPSA) is 85.0 Å². The van der Waals surface area contributed by atoms with E-state index in [9.17, 15) is 19.1 Å². The number of halogens is 1. The fourth-order valence-corrected chi connectivity index (χ4v) is 2.93. The van der Waals surface area contributed by atoms with Crippen LogP contribution in [0, 0.1) is 5.82 Å². The van der Waals surface area contributed by atoms with Crippen molar-refractivity contribution in [1.29, 1.82) is 0 Å². The largest absolute Gasteiger partial charge is 0.548 e. The van der Waals surface area contributed by atoms with Crippen molar-refractivity contribution in [2.75, 3.05) is 0 Å². The van der Waals surface area contributed by atoms with Crippen molar-refractivity contribution in [3.8, 4) is 0 Å². The number of nitrogens with one attached hydrogen (secondary N) is 2. The third-order valence-electron chi connectivity index (χ3n) is 4.30. The normalized spacial score (nSPS) is 12.0. The zero-order valence-electron chi connectivity index (χ0n) is 14.0. The number of aromatic amines is 1. The predicted molar refractivity (Wildman–Crippen MR) is 93.7 cm³/mol. The van der Waals surface area contributed by atoms with Crippen LogP contribution in [-0.2, 0) is 22.4 Å². The molecule has 0 radical (unpaired) electrons. The van der Waals surface area contributed by atoms with Gasteiger partial charge in [-0.2, -0.15) is 0 Å². The Morgan fingerprint density at radius 1 is 1.08 bits per heavy atom. The lowest BCUT2D eigenvalue weighted by atomic mass is 10.0. The van der Waals surface area contributed by atoms with E-state index in [1.807, 2.05) is 24.3 Å². The number of para-hydroxylation sites is 1. The molecule has 1 atom stereocenters. The number of hydrogen-bond acceptors (Lipinski definition) is 3. The molecule has 134 valence electrons. The first-order valence-electron chi connectivity index (χ1n) is 8.33. The highest BCUT2D eigenvalue weighted by Gasteiger charge is 2.16. The van der Waals surface area contributed by atoms with Crippen LogP contribution in [0.2, 0.25) is 0 Å². The summed E-state index contributed by atoms with van der Waals surface area (Å²) >= 11 is 0. The number of rotatable bonds is 7. The van der Waals surface area contributed by atoms with Gasteiger partial charge in [-0.1, -0.05) is 36.4 Å². The number of carbonyl (C=O) groups excluding carboxylic acids is 2. The lowest BCUT2D eigenvalue weighted by molar-refractivity contribution is -0.308. The smallest absolute Gasteiger partial charge is 0.220 e. The zero-order valence-corrected chi connectivity index (χ0v) is 14.0. The van der Waals surface area contributed by atoms with Gasteiger partial charge < -0.3 is 20.2 Å². The van der Waals surface area contributed by atoms with E-state index < -0.39 is 17.9 Å². The first-order chi connectivity index (χ1) is 12.5. The molecule has 0 bridgehead atoms. The van der Waals surface area contributed by atoms with Crippen LogP contribution >= 0.6 is 0 Å². The summed E-state index contributed by atoms with van der Waals surface area (Å²) < 4.78 is 13.6. The van der Waals surface area contributed by atoms with E-state index in [-0.39, 0.29) is 25.1 Å². The second-order valence-corrected chi connectivity index (χ2v) is 6.09. The van der Waals surface area contributed by atoms with Gasteiger partial charge in [-0.15, -0.1) is 0 Å². The van der Waals surface area contributed by atoms with Crippen molar-refractivity contribution in [2.24, 2.45) is 0 Å². The number of carboxylic acids is 1. The maximum atomic E-state index is 13.6. The number of benzene rings is 2. The molecule has 0 saturated carbocycles. The third kappa shape index (κ3) is 4.08. The van der Waals surface area contributed by atoms with E-state index >= 15 is 0 Å². The van der Waals surface area contributed by atoms with Gasteiger partial charge >= 0.3 is 0 Å². The van der Waals surface area contributed by atoms with E-state index in [4.69, 9.17) is 0 Å². The minimum atomic E-state index is -1.35. The maximum absolute atomic E-state index is 13.6. The highest BCUT2D eigenvalue weighted by atomic mass is 19.1. The van der Waals surface area contributed by atoms with Crippen molar-refractivity contribution in [3.05, 3.63) is 71.7 Å². The summed E-state index contributed by atoms with van der Waals surface area (Å²) in [5.74, 6) is -2.19. The first-order valence-corrected chi connectivity index (χ1v) is 8.33. The summed E-state index contributed by atoms with van der Waals surface area (Å²) in [4.78, 5) is 26.6. The Hall–Kier alpha value is -3.15.